The van der Waals surface area contributed by atoms with Crippen molar-refractivity contribution in [2.45, 2.75) is 13.5 Å². The zero-order chi connectivity index (χ0) is 8.97. The third-order valence-corrected chi connectivity index (χ3v) is 1.69. The molecule has 66 valence electrons. The lowest BCUT2D eigenvalue weighted by atomic mass is 10.2. The second-order valence-electron chi connectivity index (χ2n) is 2.90. The van der Waals surface area contributed by atoms with E-state index in [4.69, 9.17) is 5.73 Å². The molecule has 0 aliphatic rings. The van der Waals surface area contributed by atoms with Crippen LogP contribution < -0.4 is 11.4 Å². The average Bonchev–Trinajstić information content (AvgIpc) is 2.09. The molecule has 1 unspecified atom stereocenters. The van der Waals surface area contributed by atoms with Gasteiger partial charge >= 0.3 is 5.69 Å². The van der Waals surface area contributed by atoms with E-state index in [0.717, 1.165) is 0 Å². The molecule has 0 saturated carbocycles. The van der Waals surface area contributed by atoms with Crippen molar-refractivity contribution in [1.29, 1.82) is 0 Å². The molecule has 2 N–H and O–H groups in total. The van der Waals surface area contributed by atoms with E-state index in [1.807, 2.05) is 6.92 Å². The highest BCUT2D eigenvalue weighted by Gasteiger charge is 2.01. The minimum absolute atomic E-state index is 0.210. The summed E-state index contributed by atoms with van der Waals surface area (Å²) in [5, 5.41) is 0. The minimum atomic E-state index is -0.210. The van der Waals surface area contributed by atoms with Crippen molar-refractivity contribution in [3.63, 3.8) is 0 Å². The van der Waals surface area contributed by atoms with Gasteiger partial charge in [0.15, 0.2) is 0 Å². The molecule has 0 saturated heterocycles. The maximum atomic E-state index is 11.1. The third-order valence-electron chi connectivity index (χ3n) is 1.69. The Balaban J connectivity index is 2.76. The second kappa shape index (κ2) is 4.01. The van der Waals surface area contributed by atoms with E-state index in [1.165, 1.54) is 6.20 Å². The lowest BCUT2D eigenvalue weighted by molar-refractivity contribution is 0.475. The number of nitrogens with two attached hydrogens (primary N) is 1. The van der Waals surface area contributed by atoms with Crippen LogP contribution in [0.2, 0.25) is 0 Å². The van der Waals surface area contributed by atoms with Gasteiger partial charge in [-0.05, 0) is 18.5 Å². The Kier molecular flexibility index (Phi) is 2.99. The van der Waals surface area contributed by atoms with Crippen molar-refractivity contribution >= 4 is 0 Å². The van der Waals surface area contributed by atoms with Crippen LogP contribution in [0.1, 0.15) is 6.92 Å². The monoisotopic (exact) mass is 167 g/mol. The normalized spacial score (nSPS) is 12.8. The Morgan fingerprint density at radius 2 is 2.50 bits per heavy atom. The highest BCUT2D eigenvalue weighted by atomic mass is 16.1. The van der Waals surface area contributed by atoms with Crippen molar-refractivity contribution in [2.24, 2.45) is 11.7 Å². The SMILES string of the molecule is CC(CN)Cn1cccnc1=O. The number of nitrogens with zero attached hydrogens (tertiary/aromatic N) is 2. The van der Waals surface area contributed by atoms with Crippen LogP contribution in [0.15, 0.2) is 23.3 Å². The molecule has 0 aliphatic heterocycles. The van der Waals surface area contributed by atoms with Gasteiger partial charge in [0.2, 0.25) is 0 Å². The summed E-state index contributed by atoms with van der Waals surface area (Å²) in [5.74, 6) is 0.312. The topological polar surface area (TPSA) is 60.9 Å². The van der Waals surface area contributed by atoms with Crippen LogP contribution in [0.5, 0.6) is 0 Å². The summed E-state index contributed by atoms with van der Waals surface area (Å²) in [6.45, 7) is 3.23. The Hall–Kier alpha value is -1.16. The zero-order valence-corrected chi connectivity index (χ0v) is 7.10. The summed E-state index contributed by atoms with van der Waals surface area (Å²) in [7, 11) is 0. The highest BCUT2D eigenvalue weighted by molar-refractivity contribution is 4.81. The molecule has 0 fully saturated rings. The van der Waals surface area contributed by atoms with Crippen LogP contribution >= 0.6 is 0 Å². The van der Waals surface area contributed by atoms with E-state index in [1.54, 1.807) is 16.8 Å². The van der Waals surface area contributed by atoms with Crippen LogP contribution in [-0.4, -0.2) is 16.1 Å². The van der Waals surface area contributed by atoms with Crippen LogP contribution in [-0.2, 0) is 6.54 Å². The molecular weight excluding hydrogens is 154 g/mol. The first-order valence-electron chi connectivity index (χ1n) is 3.95. The molecule has 1 heterocycles. The van der Waals surface area contributed by atoms with Gasteiger partial charge in [-0.15, -0.1) is 0 Å². The number of aromatic nitrogens is 2. The summed E-state index contributed by atoms with van der Waals surface area (Å²) < 4.78 is 1.57. The van der Waals surface area contributed by atoms with Crippen LogP contribution in [0, 0.1) is 5.92 Å². The third kappa shape index (κ3) is 2.17. The molecule has 0 spiro atoms. The van der Waals surface area contributed by atoms with Gasteiger partial charge in [0.25, 0.3) is 0 Å². The maximum Gasteiger partial charge on any atom is 0.347 e. The van der Waals surface area contributed by atoms with Crippen molar-refractivity contribution in [1.82, 2.24) is 9.55 Å². The molecule has 0 amide bonds. The summed E-state index contributed by atoms with van der Waals surface area (Å²) >= 11 is 0. The molecule has 0 aliphatic carbocycles. The molecule has 4 heteroatoms. The van der Waals surface area contributed by atoms with Crippen molar-refractivity contribution in [3.8, 4) is 0 Å². The van der Waals surface area contributed by atoms with Crippen molar-refractivity contribution < 1.29 is 0 Å². The van der Waals surface area contributed by atoms with Crippen molar-refractivity contribution in [3.05, 3.63) is 28.9 Å². The first-order chi connectivity index (χ1) is 5.74. The molecule has 1 aromatic heterocycles. The lowest BCUT2D eigenvalue weighted by Gasteiger charge is -2.09. The van der Waals surface area contributed by atoms with E-state index < -0.39 is 0 Å². The van der Waals surface area contributed by atoms with E-state index in [2.05, 4.69) is 4.98 Å². The maximum absolute atomic E-state index is 11.1. The Morgan fingerprint density at radius 3 is 3.08 bits per heavy atom. The molecule has 1 atom stereocenters. The van der Waals surface area contributed by atoms with Gasteiger partial charge in [0.1, 0.15) is 0 Å². The predicted molar refractivity (Wildman–Crippen MR) is 46.7 cm³/mol. The van der Waals surface area contributed by atoms with Gasteiger partial charge in [-0.3, -0.25) is 4.57 Å². The first kappa shape index (κ1) is 8.93. The fourth-order valence-corrected chi connectivity index (χ4v) is 0.936. The number of hydrogen-bond acceptors (Lipinski definition) is 3. The van der Waals surface area contributed by atoms with E-state index in [0.29, 0.717) is 19.0 Å². The summed E-state index contributed by atoms with van der Waals surface area (Å²) in [4.78, 5) is 14.7. The quantitative estimate of drug-likeness (QED) is 0.680. The van der Waals surface area contributed by atoms with Gasteiger partial charge < -0.3 is 5.73 Å². The van der Waals surface area contributed by atoms with Crippen LogP contribution in [0.4, 0.5) is 0 Å². The van der Waals surface area contributed by atoms with Gasteiger partial charge in [-0.2, -0.15) is 0 Å². The Bertz CT molecular complexity index is 294. The highest BCUT2D eigenvalue weighted by Crippen LogP contribution is 1.93. The molecular formula is C8H13N3O. The number of hydrogen-bond donors (Lipinski definition) is 1. The fraction of sp³-hybridized carbons (Fsp3) is 0.500. The summed E-state index contributed by atoms with van der Waals surface area (Å²) in [5.41, 5.74) is 5.22. The first-order valence-corrected chi connectivity index (χ1v) is 3.95. The minimum Gasteiger partial charge on any atom is -0.330 e. The molecule has 0 radical (unpaired) electrons. The average molecular weight is 167 g/mol. The van der Waals surface area contributed by atoms with Gasteiger partial charge in [-0.1, -0.05) is 6.92 Å². The Labute approximate surface area is 71.0 Å². The standard InChI is InChI=1S/C8H13N3O/c1-7(5-9)6-11-4-2-3-10-8(11)12/h2-4,7H,5-6,9H2,1H3. The lowest BCUT2D eigenvalue weighted by Crippen LogP contribution is -2.27. The van der Waals surface area contributed by atoms with Crippen molar-refractivity contribution in [2.75, 3.05) is 6.54 Å². The molecule has 1 rings (SSSR count). The number of rotatable bonds is 3. The van der Waals surface area contributed by atoms with E-state index in [9.17, 15) is 4.79 Å². The molecule has 12 heavy (non-hydrogen) atoms. The van der Waals surface area contributed by atoms with E-state index in [-0.39, 0.29) is 5.69 Å². The molecule has 4 nitrogen and oxygen atoms in total. The summed E-state index contributed by atoms with van der Waals surface area (Å²) in [6.07, 6.45) is 3.22. The predicted octanol–water partition coefficient (Wildman–Crippen LogP) is -0.162. The fourth-order valence-electron chi connectivity index (χ4n) is 0.936. The molecule has 1 aromatic rings. The molecule has 0 bridgehead atoms. The van der Waals surface area contributed by atoms with Crippen LogP contribution in [0.3, 0.4) is 0 Å². The van der Waals surface area contributed by atoms with Gasteiger partial charge in [-0.25, -0.2) is 9.78 Å². The second-order valence-corrected chi connectivity index (χ2v) is 2.90. The summed E-state index contributed by atoms with van der Waals surface area (Å²) in [6, 6.07) is 1.74. The van der Waals surface area contributed by atoms with Gasteiger partial charge in [0, 0.05) is 18.9 Å². The smallest absolute Gasteiger partial charge is 0.330 e. The molecule has 0 aromatic carbocycles. The van der Waals surface area contributed by atoms with Crippen LogP contribution in [0.25, 0.3) is 0 Å². The Morgan fingerprint density at radius 1 is 1.75 bits per heavy atom. The largest absolute Gasteiger partial charge is 0.347 e. The zero-order valence-electron chi connectivity index (χ0n) is 7.10. The van der Waals surface area contributed by atoms with Gasteiger partial charge in [0.05, 0.1) is 0 Å². The van der Waals surface area contributed by atoms with E-state index >= 15 is 0 Å².